The number of hydrogen-bond donors (Lipinski definition) is 2. The molecule has 98 valence electrons. The number of pyridine rings is 1. The molecule has 6 nitrogen and oxygen atoms in total. The third-order valence-electron chi connectivity index (χ3n) is 2.43. The quantitative estimate of drug-likeness (QED) is 0.812. The standard InChI is InChI=1S/C12H16N2O4/c1-8(6-12(17)18)5-10(15)13-9-3-4-11(16)14(2)7-9/h3-4,7-8H,5-6H2,1-2H3,(H,13,15)(H,17,18). The molecule has 1 rings (SSSR count). The van der Waals surface area contributed by atoms with Gasteiger partial charge in [0.1, 0.15) is 0 Å². The number of aryl methyl sites for hydroxylation is 1. The topological polar surface area (TPSA) is 88.4 Å². The number of carboxylic acid groups (broad SMARTS) is 1. The maximum absolute atomic E-state index is 11.6. The number of anilines is 1. The van der Waals surface area contributed by atoms with E-state index in [0.29, 0.717) is 5.69 Å². The molecule has 1 unspecified atom stereocenters. The summed E-state index contributed by atoms with van der Waals surface area (Å²) in [7, 11) is 1.59. The maximum atomic E-state index is 11.6. The lowest BCUT2D eigenvalue weighted by Gasteiger charge is -2.09. The number of nitrogens with one attached hydrogen (secondary N) is 1. The molecule has 0 saturated heterocycles. The summed E-state index contributed by atoms with van der Waals surface area (Å²) < 4.78 is 1.36. The minimum atomic E-state index is -0.919. The summed E-state index contributed by atoms with van der Waals surface area (Å²) in [6, 6.07) is 2.87. The van der Waals surface area contributed by atoms with Gasteiger partial charge in [-0.1, -0.05) is 6.92 Å². The number of aromatic nitrogens is 1. The molecule has 1 atom stereocenters. The first-order valence-corrected chi connectivity index (χ1v) is 5.57. The van der Waals surface area contributed by atoms with Crippen molar-refractivity contribution in [2.24, 2.45) is 13.0 Å². The summed E-state index contributed by atoms with van der Waals surface area (Å²) in [5.41, 5.74) is 0.358. The molecular formula is C12H16N2O4. The molecule has 2 N–H and O–H groups in total. The van der Waals surface area contributed by atoms with Crippen molar-refractivity contribution in [2.75, 3.05) is 5.32 Å². The summed E-state index contributed by atoms with van der Waals surface area (Å²) in [5, 5.41) is 11.2. The third kappa shape index (κ3) is 4.40. The van der Waals surface area contributed by atoms with E-state index in [0.717, 1.165) is 0 Å². The minimum Gasteiger partial charge on any atom is -0.481 e. The Labute approximate surface area is 104 Å². The largest absolute Gasteiger partial charge is 0.481 e. The zero-order chi connectivity index (χ0) is 13.7. The Morgan fingerprint density at radius 1 is 1.39 bits per heavy atom. The monoisotopic (exact) mass is 252 g/mol. The molecule has 1 heterocycles. The predicted molar refractivity (Wildman–Crippen MR) is 66.3 cm³/mol. The highest BCUT2D eigenvalue weighted by atomic mass is 16.4. The Kier molecular flexibility index (Phi) is 4.65. The van der Waals surface area contributed by atoms with Crippen molar-refractivity contribution < 1.29 is 14.7 Å². The van der Waals surface area contributed by atoms with Crippen molar-refractivity contribution in [3.63, 3.8) is 0 Å². The van der Waals surface area contributed by atoms with Gasteiger partial charge in [-0.25, -0.2) is 0 Å². The molecule has 1 aromatic heterocycles. The van der Waals surface area contributed by atoms with Gasteiger partial charge in [0.25, 0.3) is 0 Å². The van der Waals surface area contributed by atoms with Crippen LogP contribution in [-0.2, 0) is 16.6 Å². The fraction of sp³-hybridized carbons (Fsp3) is 0.417. The van der Waals surface area contributed by atoms with Gasteiger partial charge in [-0.2, -0.15) is 0 Å². The predicted octanol–water partition coefficient (Wildman–Crippen LogP) is 0.825. The van der Waals surface area contributed by atoms with Crippen molar-refractivity contribution in [3.05, 3.63) is 28.7 Å². The van der Waals surface area contributed by atoms with Gasteiger partial charge in [-0.15, -0.1) is 0 Å². The molecule has 0 aliphatic rings. The molecule has 18 heavy (non-hydrogen) atoms. The number of carboxylic acids is 1. The fourth-order valence-electron chi connectivity index (χ4n) is 1.57. The summed E-state index contributed by atoms with van der Waals surface area (Å²) in [6.07, 6.45) is 1.61. The van der Waals surface area contributed by atoms with Crippen LogP contribution >= 0.6 is 0 Å². The van der Waals surface area contributed by atoms with Crippen LogP contribution in [0.3, 0.4) is 0 Å². The van der Waals surface area contributed by atoms with Gasteiger partial charge in [0.2, 0.25) is 11.5 Å². The van der Waals surface area contributed by atoms with Crippen LogP contribution in [0.4, 0.5) is 5.69 Å². The van der Waals surface area contributed by atoms with Gasteiger partial charge in [0, 0.05) is 32.2 Å². The number of aliphatic carboxylic acids is 1. The Balaban J connectivity index is 2.56. The van der Waals surface area contributed by atoms with Gasteiger partial charge in [-0.05, 0) is 12.0 Å². The first kappa shape index (κ1) is 14.0. The Hall–Kier alpha value is -2.11. The molecule has 0 spiro atoms. The van der Waals surface area contributed by atoms with E-state index in [2.05, 4.69) is 5.32 Å². The highest BCUT2D eigenvalue weighted by Gasteiger charge is 2.12. The lowest BCUT2D eigenvalue weighted by molar-refractivity contribution is -0.138. The highest BCUT2D eigenvalue weighted by molar-refractivity contribution is 5.90. The lowest BCUT2D eigenvalue weighted by atomic mass is 10.0. The fourth-order valence-corrected chi connectivity index (χ4v) is 1.57. The SMILES string of the molecule is CC(CC(=O)O)CC(=O)Nc1ccc(=O)n(C)c1. The molecule has 1 amide bonds. The first-order chi connectivity index (χ1) is 8.38. The average molecular weight is 252 g/mol. The Morgan fingerprint density at radius 3 is 2.61 bits per heavy atom. The second kappa shape index (κ2) is 6.00. The first-order valence-electron chi connectivity index (χ1n) is 5.57. The molecule has 0 fully saturated rings. The number of amides is 1. The van der Waals surface area contributed by atoms with E-state index in [9.17, 15) is 14.4 Å². The summed E-state index contributed by atoms with van der Waals surface area (Å²) in [6.45, 7) is 1.70. The lowest BCUT2D eigenvalue weighted by Crippen LogP contribution is -2.19. The maximum Gasteiger partial charge on any atom is 0.303 e. The van der Waals surface area contributed by atoms with Crippen LogP contribution in [0.25, 0.3) is 0 Å². The van der Waals surface area contributed by atoms with E-state index in [1.165, 1.54) is 22.9 Å². The van der Waals surface area contributed by atoms with Crippen LogP contribution in [0.15, 0.2) is 23.1 Å². The summed E-state index contributed by atoms with van der Waals surface area (Å²) >= 11 is 0. The molecule has 1 aromatic rings. The van der Waals surface area contributed by atoms with Crippen LogP contribution in [0, 0.1) is 5.92 Å². The highest BCUT2D eigenvalue weighted by Crippen LogP contribution is 2.10. The molecule has 0 aliphatic heterocycles. The van der Waals surface area contributed by atoms with Gasteiger partial charge in [0.05, 0.1) is 5.69 Å². The van der Waals surface area contributed by atoms with Crippen molar-refractivity contribution in [1.82, 2.24) is 4.57 Å². The van der Waals surface area contributed by atoms with Crippen molar-refractivity contribution in [1.29, 1.82) is 0 Å². The normalized spacial score (nSPS) is 11.9. The zero-order valence-corrected chi connectivity index (χ0v) is 10.3. The summed E-state index contributed by atoms with van der Waals surface area (Å²) in [5.74, 6) is -1.41. The molecule has 6 heteroatoms. The van der Waals surface area contributed by atoms with E-state index in [4.69, 9.17) is 5.11 Å². The van der Waals surface area contributed by atoms with Crippen molar-refractivity contribution >= 4 is 17.6 Å². The third-order valence-corrected chi connectivity index (χ3v) is 2.43. The van der Waals surface area contributed by atoms with Crippen LogP contribution in [0.2, 0.25) is 0 Å². The molecule has 0 radical (unpaired) electrons. The Morgan fingerprint density at radius 2 is 2.06 bits per heavy atom. The number of rotatable bonds is 5. The van der Waals surface area contributed by atoms with E-state index < -0.39 is 5.97 Å². The van der Waals surface area contributed by atoms with Crippen LogP contribution in [-0.4, -0.2) is 21.6 Å². The molecule has 0 aromatic carbocycles. The number of carbonyl (C=O) groups excluding carboxylic acids is 1. The second-order valence-corrected chi connectivity index (χ2v) is 4.32. The van der Waals surface area contributed by atoms with Gasteiger partial charge >= 0.3 is 5.97 Å². The molecular weight excluding hydrogens is 236 g/mol. The van der Waals surface area contributed by atoms with Gasteiger partial charge in [0.15, 0.2) is 0 Å². The smallest absolute Gasteiger partial charge is 0.303 e. The summed E-state index contributed by atoms with van der Waals surface area (Å²) in [4.78, 5) is 33.2. The molecule has 0 bridgehead atoms. The van der Waals surface area contributed by atoms with Crippen LogP contribution in [0.1, 0.15) is 19.8 Å². The molecule has 0 saturated carbocycles. The van der Waals surface area contributed by atoms with Crippen molar-refractivity contribution in [2.45, 2.75) is 19.8 Å². The van der Waals surface area contributed by atoms with E-state index >= 15 is 0 Å². The number of hydrogen-bond acceptors (Lipinski definition) is 3. The number of nitrogens with zero attached hydrogens (tertiary/aromatic N) is 1. The van der Waals surface area contributed by atoms with Gasteiger partial charge in [-0.3, -0.25) is 14.4 Å². The Bertz CT molecular complexity index is 507. The average Bonchev–Trinajstić information content (AvgIpc) is 2.21. The zero-order valence-electron chi connectivity index (χ0n) is 10.3. The van der Waals surface area contributed by atoms with Gasteiger partial charge < -0.3 is 15.0 Å². The van der Waals surface area contributed by atoms with E-state index in [-0.39, 0.29) is 30.2 Å². The van der Waals surface area contributed by atoms with E-state index in [1.54, 1.807) is 14.0 Å². The van der Waals surface area contributed by atoms with Crippen LogP contribution in [0.5, 0.6) is 0 Å². The minimum absolute atomic E-state index is 0.0410. The molecule has 0 aliphatic carbocycles. The second-order valence-electron chi connectivity index (χ2n) is 4.32. The van der Waals surface area contributed by atoms with E-state index in [1.807, 2.05) is 0 Å². The van der Waals surface area contributed by atoms with Crippen molar-refractivity contribution in [3.8, 4) is 0 Å². The number of carbonyl (C=O) groups is 2. The van der Waals surface area contributed by atoms with Crippen LogP contribution < -0.4 is 10.9 Å².